The number of benzene rings is 1. The lowest BCUT2D eigenvalue weighted by Gasteiger charge is -2.15. The predicted octanol–water partition coefficient (Wildman–Crippen LogP) is 2.70. The summed E-state index contributed by atoms with van der Waals surface area (Å²) in [5.41, 5.74) is 3.35. The van der Waals surface area contributed by atoms with E-state index in [1.54, 1.807) is 6.20 Å². The third-order valence-electron chi connectivity index (χ3n) is 4.35. The first-order valence-electron chi connectivity index (χ1n) is 7.36. The van der Waals surface area contributed by atoms with E-state index in [-0.39, 0.29) is 17.9 Å². The van der Waals surface area contributed by atoms with Gasteiger partial charge in [-0.1, -0.05) is 17.7 Å². The molecule has 2 heterocycles. The van der Waals surface area contributed by atoms with Gasteiger partial charge in [-0.25, -0.2) is 4.98 Å². The summed E-state index contributed by atoms with van der Waals surface area (Å²) in [5, 5.41) is 3.82. The van der Waals surface area contributed by atoms with E-state index < -0.39 is 0 Å². The molecule has 0 saturated heterocycles. The highest BCUT2D eigenvalue weighted by Gasteiger charge is 2.32. The molecule has 1 amide bonds. The normalized spacial score (nSPS) is 21.9. The van der Waals surface area contributed by atoms with E-state index in [1.807, 2.05) is 30.3 Å². The van der Waals surface area contributed by atoms with Crippen molar-refractivity contribution >= 4 is 17.5 Å². The number of rotatable bonds is 2. The minimum absolute atomic E-state index is 0.0332. The van der Waals surface area contributed by atoms with Gasteiger partial charge in [-0.15, -0.1) is 0 Å². The minimum Gasteiger partial charge on any atom is -0.475 e. The van der Waals surface area contributed by atoms with Gasteiger partial charge in [-0.3, -0.25) is 4.79 Å². The molecule has 0 saturated carbocycles. The fraction of sp³-hybridized carbons (Fsp3) is 0.294. The maximum atomic E-state index is 12.5. The van der Waals surface area contributed by atoms with Gasteiger partial charge in [-0.05, 0) is 48.2 Å². The van der Waals surface area contributed by atoms with Crippen LogP contribution in [0.4, 0.5) is 0 Å². The molecule has 1 aromatic carbocycles. The largest absolute Gasteiger partial charge is 0.475 e. The van der Waals surface area contributed by atoms with Crippen LogP contribution in [0.1, 0.15) is 22.7 Å². The highest BCUT2D eigenvalue weighted by Crippen LogP contribution is 2.32. The summed E-state index contributed by atoms with van der Waals surface area (Å²) in [6.45, 7) is 0.448. The second kappa shape index (κ2) is 5.29. The topological polar surface area (TPSA) is 51.2 Å². The number of hydrogen-bond donors (Lipinski definition) is 1. The van der Waals surface area contributed by atoms with Crippen LogP contribution in [0.2, 0.25) is 5.02 Å². The lowest BCUT2D eigenvalue weighted by atomic mass is 10.0. The summed E-state index contributed by atoms with van der Waals surface area (Å²) in [6, 6.07) is 9.56. The van der Waals surface area contributed by atoms with Gasteiger partial charge in [0, 0.05) is 22.7 Å². The Balaban J connectivity index is 1.47. The molecule has 4 rings (SSSR count). The van der Waals surface area contributed by atoms with Crippen molar-refractivity contribution < 1.29 is 9.53 Å². The molecule has 2 aliphatic rings. The Labute approximate surface area is 133 Å². The predicted molar refractivity (Wildman–Crippen MR) is 83.0 cm³/mol. The third-order valence-corrected chi connectivity index (χ3v) is 4.59. The number of nitrogens with zero attached hydrogens (tertiary/aromatic N) is 1. The zero-order chi connectivity index (χ0) is 15.1. The lowest BCUT2D eigenvalue weighted by Crippen LogP contribution is -2.35. The molecular weight excluding hydrogens is 300 g/mol. The molecule has 1 N–H and O–H groups in total. The highest BCUT2D eigenvalue weighted by atomic mass is 35.5. The fourth-order valence-electron chi connectivity index (χ4n) is 3.22. The summed E-state index contributed by atoms with van der Waals surface area (Å²) in [4.78, 5) is 16.7. The first-order valence-corrected chi connectivity index (χ1v) is 7.74. The van der Waals surface area contributed by atoms with Crippen molar-refractivity contribution in [2.45, 2.75) is 18.9 Å². The number of ether oxygens (including phenoxy) is 1. The van der Waals surface area contributed by atoms with Crippen LogP contribution in [-0.2, 0) is 17.6 Å². The summed E-state index contributed by atoms with van der Waals surface area (Å²) in [7, 11) is 0. The van der Waals surface area contributed by atoms with E-state index in [2.05, 4.69) is 10.3 Å². The molecular formula is C17H15ClN2O2. The van der Waals surface area contributed by atoms with Crippen LogP contribution in [0.5, 0.6) is 5.88 Å². The zero-order valence-corrected chi connectivity index (χ0v) is 12.6. The van der Waals surface area contributed by atoms with Gasteiger partial charge in [-0.2, -0.15) is 0 Å². The van der Waals surface area contributed by atoms with E-state index in [0.29, 0.717) is 12.5 Å². The molecule has 1 unspecified atom stereocenters. The van der Waals surface area contributed by atoms with Crippen LogP contribution < -0.4 is 10.1 Å². The molecule has 0 fully saturated rings. The standard InChI is InChI=1S/C17H15ClN2O2/c18-13-4-3-10-6-12(7-11(10)8-13)16(21)20-15-9-22-17-14(15)2-1-5-19-17/h1-5,8,12,15H,6-7,9H2,(H,20,21)/t12?,15-/m1/s1. The molecule has 1 aliphatic heterocycles. The Bertz CT molecular complexity index is 747. The number of halogens is 1. The maximum absolute atomic E-state index is 12.5. The number of carbonyl (C=O) groups is 1. The molecule has 22 heavy (non-hydrogen) atoms. The monoisotopic (exact) mass is 314 g/mol. The number of hydrogen-bond acceptors (Lipinski definition) is 3. The quantitative estimate of drug-likeness (QED) is 0.927. The molecule has 2 atom stereocenters. The summed E-state index contributed by atoms with van der Waals surface area (Å²) >= 11 is 6.02. The molecule has 4 nitrogen and oxygen atoms in total. The van der Waals surface area contributed by atoms with Gasteiger partial charge in [0.1, 0.15) is 6.61 Å². The van der Waals surface area contributed by atoms with Crippen molar-refractivity contribution in [3.63, 3.8) is 0 Å². The van der Waals surface area contributed by atoms with Crippen LogP contribution in [0.15, 0.2) is 36.5 Å². The van der Waals surface area contributed by atoms with Crippen LogP contribution in [0, 0.1) is 5.92 Å². The Kier molecular flexibility index (Phi) is 3.26. The number of pyridine rings is 1. The maximum Gasteiger partial charge on any atom is 0.224 e. The number of carbonyl (C=O) groups excluding carboxylic acids is 1. The zero-order valence-electron chi connectivity index (χ0n) is 11.9. The first kappa shape index (κ1) is 13.6. The van der Waals surface area contributed by atoms with Gasteiger partial charge < -0.3 is 10.1 Å². The van der Waals surface area contributed by atoms with Crippen LogP contribution in [0.3, 0.4) is 0 Å². The number of fused-ring (bicyclic) bond motifs is 2. The second-order valence-electron chi connectivity index (χ2n) is 5.79. The second-order valence-corrected chi connectivity index (χ2v) is 6.22. The van der Waals surface area contributed by atoms with E-state index in [0.717, 1.165) is 23.4 Å². The summed E-state index contributed by atoms with van der Waals surface area (Å²) < 4.78 is 5.51. The summed E-state index contributed by atoms with van der Waals surface area (Å²) in [5.74, 6) is 0.654. The average molecular weight is 315 g/mol. The van der Waals surface area contributed by atoms with Crippen molar-refractivity contribution in [1.82, 2.24) is 10.3 Å². The van der Waals surface area contributed by atoms with Gasteiger partial charge in [0.15, 0.2) is 0 Å². The van der Waals surface area contributed by atoms with Crippen LogP contribution >= 0.6 is 11.6 Å². The Morgan fingerprint density at radius 1 is 1.27 bits per heavy atom. The minimum atomic E-state index is -0.108. The Hall–Kier alpha value is -2.07. The van der Waals surface area contributed by atoms with E-state index in [1.165, 1.54) is 11.1 Å². The summed E-state index contributed by atoms with van der Waals surface area (Å²) in [6.07, 6.45) is 3.21. The van der Waals surface area contributed by atoms with Crippen molar-refractivity contribution in [2.75, 3.05) is 6.61 Å². The van der Waals surface area contributed by atoms with Crippen molar-refractivity contribution in [3.8, 4) is 5.88 Å². The Morgan fingerprint density at radius 2 is 2.14 bits per heavy atom. The molecule has 1 aromatic heterocycles. The smallest absolute Gasteiger partial charge is 0.224 e. The Morgan fingerprint density at radius 3 is 3.05 bits per heavy atom. The molecule has 2 aromatic rings. The number of aromatic nitrogens is 1. The van der Waals surface area contributed by atoms with Gasteiger partial charge >= 0.3 is 0 Å². The molecule has 0 bridgehead atoms. The van der Waals surface area contributed by atoms with Crippen LogP contribution in [0.25, 0.3) is 0 Å². The van der Waals surface area contributed by atoms with Crippen molar-refractivity contribution in [1.29, 1.82) is 0 Å². The van der Waals surface area contributed by atoms with Gasteiger partial charge in [0.2, 0.25) is 11.8 Å². The van der Waals surface area contributed by atoms with Crippen molar-refractivity contribution in [3.05, 3.63) is 58.2 Å². The molecule has 5 heteroatoms. The molecule has 0 spiro atoms. The average Bonchev–Trinajstić information content (AvgIpc) is 3.11. The fourth-order valence-corrected chi connectivity index (χ4v) is 3.42. The number of nitrogens with one attached hydrogen (secondary N) is 1. The van der Waals surface area contributed by atoms with Crippen molar-refractivity contribution in [2.24, 2.45) is 5.92 Å². The first-order chi connectivity index (χ1) is 10.7. The van der Waals surface area contributed by atoms with Crippen LogP contribution in [-0.4, -0.2) is 17.5 Å². The highest BCUT2D eigenvalue weighted by molar-refractivity contribution is 6.30. The van der Waals surface area contributed by atoms with E-state index >= 15 is 0 Å². The SMILES string of the molecule is O=C(N[C@@H]1COc2ncccc21)C1Cc2ccc(Cl)cc2C1. The van der Waals surface area contributed by atoms with E-state index in [9.17, 15) is 4.79 Å². The van der Waals surface area contributed by atoms with Gasteiger partial charge in [0.25, 0.3) is 0 Å². The lowest BCUT2D eigenvalue weighted by molar-refractivity contribution is -0.125. The van der Waals surface area contributed by atoms with E-state index in [4.69, 9.17) is 16.3 Å². The third kappa shape index (κ3) is 2.33. The number of amides is 1. The molecule has 0 radical (unpaired) electrons. The molecule has 112 valence electrons. The van der Waals surface area contributed by atoms with Gasteiger partial charge in [0.05, 0.1) is 6.04 Å². The molecule has 1 aliphatic carbocycles.